The second-order valence-corrected chi connectivity index (χ2v) is 6.67. The summed E-state index contributed by atoms with van der Waals surface area (Å²) >= 11 is 0. The molecule has 0 radical (unpaired) electrons. The van der Waals surface area contributed by atoms with E-state index in [4.69, 9.17) is 0 Å². The molecule has 0 saturated heterocycles. The highest BCUT2D eigenvalue weighted by atomic mass is 15.1. The van der Waals surface area contributed by atoms with Crippen LogP contribution in [-0.2, 0) is 13.0 Å². The third-order valence-corrected chi connectivity index (χ3v) is 5.33. The van der Waals surface area contributed by atoms with Crippen LogP contribution >= 0.6 is 0 Å². The Hall–Kier alpha value is -1.02. The molecule has 1 N–H and O–H groups in total. The normalized spacial score (nSPS) is 25.6. The van der Waals surface area contributed by atoms with Gasteiger partial charge in [-0.2, -0.15) is 0 Å². The first kappa shape index (κ1) is 13.9. The number of anilines is 1. The van der Waals surface area contributed by atoms with Crippen molar-refractivity contribution in [1.82, 2.24) is 4.90 Å². The summed E-state index contributed by atoms with van der Waals surface area (Å²) in [6.07, 6.45) is 8.20. The summed E-state index contributed by atoms with van der Waals surface area (Å²) in [5, 5.41) is 3.44. The molecule has 2 nitrogen and oxygen atoms in total. The second-order valence-electron chi connectivity index (χ2n) is 6.67. The molecule has 1 fully saturated rings. The number of fused-ring (bicyclic) bond motifs is 1. The fourth-order valence-corrected chi connectivity index (χ4v) is 3.87. The van der Waals surface area contributed by atoms with Crippen LogP contribution in [0.25, 0.3) is 0 Å². The Kier molecular flexibility index (Phi) is 4.30. The van der Waals surface area contributed by atoms with E-state index in [9.17, 15) is 0 Å². The first-order valence-electron chi connectivity index (χ1n) is 8.32. The summed E-state index contributed by atoms with van der Waals surface area (Å²) in [5.41, 5.74) is 4.33. The van der Waals surface area contributed by atoms with E-state index in [0.29, 0.717) is 0 Å². The zero-order valence-electron chi connectivity index (χ0n) is 13.0. The zero-order chi connectivity index (χ0) is 13.9. The van der Waals surface area contributed by atoms with Crippen LogP contribution in [0.4, 0.5) is 5.69 Å². The minimum Gasteiger partial charge on any atom is -0.384 e. The molecule has 1 aromatic carbocycles. The molecule has 1 heterocycles. The lowest BCUT2D eigenvalue weighted by Gasteiger charge is -2.34. The molecule has 0 amide bonds. The maximum Gasteiger partial charge on any atom is 0.0373 e. The van der Waals surface area contributed by atoms with E-state index in [1.807, 2.05) is 0 Å². The molecule has 0 unspecified atom stereocenters. The summed E-state index contributed by atoms with van der Waals surface area (Å²) in [6.45, 7) is 4.55. The molecular formula is C18H28N2. The lowest BCUT2D eigenvalue weighted by Crippen LogP contribution is -2.34. The summed E-state index contributed by atoms with van der Waals surface area (Å²) in [6, 6.07) is 7.76. The third kappa shape index (κ3) is 3.01. The van der Waals surface area contributed by atoms with Crippen molar-refractivity contribution in [2.45, 2.75) is 58.0 Å². The highest BCUT2D eigenvalue weighted by molar-refractivity contribution is 5.56. The van der Waals surface area contributed by atoms with E-state index in [1.54, 1.807) is 0 Å². The topological polar surface area (TPSA) is 15.3 Å². The molecule has 3 rings (SSSR count). The van der Waals surface area contributed by atoms with E-state index < -0.39 is 0 Å². The van der Waals surface area contributed by atoms with Gasteiger partial charge in [0.15, 0.2) is 0 Å². The van der Waals surface area contributed by atoms with Gasteiger partial charge in [0.2, 0.25) is 0 Å². The van der Waals surface area contributed by atoms with Crippen molar-refractivity contribution < 1.29 is 0 Å². The van der Waals surface area contributed by atoms with Gasteiger partial charge in [-0.15, -0.1) is 0 Å². The van der Waals surface area contributed by atoms with Crippen LogP contribution in [0.15, 0.2) is 18.2 Å². The predicted octanol–water partition coefficient (Wildman–Crippen LogP) is 4.06. The van der Waals surface area contributed by atoms with Crippen LogP contribution in [0.1, 0.15) is 50.2 Å². The minimum atomic E-state index is 0.796. The summed E-state index contributed by atoms with van der Waals surface area (Å²) in [7, 11) is 2.31. The Morgan fingerprint density at radius 1 is 1.20 bits per heavy atom. The highest BCUT2D eigenvalue weighted by Gasteiger charge is 2.23. The van der Waals surface area contributed by atoms with Gasteiger partial charge in [-0.25, -0.2) is 0 Å². The van der Waals surface area contributed by atoms with Gasteiger partial charge in [0.05, 0.1) is 0 Å². The summed E-state index contributed by atoms with van der Waals surface area (Å²) in [4.78, 5) is 2.58. The molecule has 20 heavy (non-hydrogen) atoms. The lowest BCUT2D eigenvalue weighted by atomic mass is 9.84. The molecule has 1 aliphatic carbocycles. The molecule has 2 heteroatoms. The van der Waals surface area contributed by atoms with Gasteiger partial charge in [0.1, 0.15) is 0 Å². The highest BCUT2D eigenvalue weighted by Crippen LogP contribution is 2.30. The van der Waals surface area contributed by atoms with E-state index >= 15 is 0 Å². The van der Waals surface area contributed by atoms with Crippen molar-refractivity contribution in [3.63, 3.8) is 0 Å². The Labute approximate surface area is 123 Å². The molecule has 0 aromatic heterocycles. The van der Waals surface area contributed by atoms with Crippen molar-refractivity contribution in [2.75, 3.05) is 18.9 Å². The summed E-state index contributed by atoms with van der Waals surface area (Å²) < 4.78 is 0. The number of hydrogen-bond acceptors (Lipinski definition) is 2. The minimum absolute atomic E-state index is 0.796. The predicted molar refractivity (Wildman–Crippen MR) is 86.1 cm³/mol. The third-order valence-electron chi connectivity index (χ3n) is 5.33. The molecule has 0 spiro atoms. The molecule has 110 valence electrons. The van der Waals surface area contributed by atoms with E-state index in [-0.39, 0.29) is 0 Å². The maximum absolute atomic E-state index is 3.44. The van der Waals surface area contributed by atoms with Crippen LogP contribution < -0.4 is 5.32 Å². The number of hydrogen-bond donors (Lipinski definition) is 1. The first-order valence-corrected chi connectivity index (χ1v) is 8.32. The average Bonchev–Trinajstić information content (AvgIpc) is 2.95. The van der Waals surface area contributed by atoms with E-state index in [0.717, 1.165) is 25.0 Å². The van der Waals surface area contributed by atoms with Crippen molar-refractivity contribution >= 4 is 5.69 Å². The number of rotatable bonds is 4. The van der Waals surface area contributed by atoms with Crippen molar-refractivity contribution in [2.24, 2.45) is 5.92 Å². The Morgan fingerprint density at radius 3 is 2.75 bits per heavy atom. The van der Waals surface area contributed by atoms with Gasteiger partial charge < -0.3 is 5.32 Å². The molecule has 0 atom stereocenters. The standard InChI is InChI=1S/C18H28N2/c1-3-14-4-7-17(8-5-14)20(2)13-15-6-9-18-16(12-15)10-11-19-18/h6,9,12,14,17,19H,3-5,7-8,10-11,13H2,1-2H3. The van der Waals surface area contributed by atoms with Gasteiger partial charge in [0, 0.05) is 24.8 Å². The number of benzene rings is 1. The van der Waals surface area contributed by atoms with Gasteiger partial charge in [-0.3, -0.25) is 4.90 Å². The average molecular weight is 272 g/mol. The molecule has 0 bridgehead atoms. The Morgan fingerprint density at radius 2 is 2.00 bits per heavy atom. The molecule has 2 aliphatic rings. The fourth-order valence-electron chi connectivity index (χ4n) is 3.87. The van der Waals surface area contributed by atoms with Gasteiger partial charge in [0.25, 0.3) is 0 Å². The van der Waals surface area contributed by atoms with Crippen LogP contribution in [0, 0.1) is 5.92 Å². The van der Waals surface area contributed by atoms with Gasteiger partial charge >= 0.3 is 0 Å². The van der Waals surface area contributed by atoms with Gasteiger partial charge in [-0.1, -0.05) is 25.5 Å². The van der Waals surface area contributed by atoms with E-state index in [1.165, 1.54) is 55.3 Å². The Bertz CT molecular complexity index is 447. The first-order chi connectivity index (χ1) is 9.76. The zero-order valence-corrected chi connectivity index (χ0v) is 13.0. The largest absolute Gasteiger partial charge is 0.384 e. The molecule has 1 aromatic rings. The second kappa shape index (κ2) is 6.17. The lowest BCUT2D eigenvalue weighted by molar-refractivity contribution is 0.157. The van der Waals surface area contributed by atoms with Crippen LogP contribution in [0.3, 0.4) is 0 Å². The smallest absolute Gasteiger partial charge is 0.0373 e. The SMILES string of the molecule is CCC1CCC(N(C)Cc2ccc3c(c2)CCN3)CC1. The number of nitrogens with one attached hydrogen (secondary N) is 1. The molecule has 1 aliphatic heterocycles. The van der Waals surface area contributed by atoms with Crippen molar-refractivity contribution in [3.05, 3.63) is 29.3 Å². The quantitative estimate of drug-likeness (QED) is 0.889. The fraction of sp³-hybridized carbons (Fsp3) is 0.667. The van der Waals surface area contributed by atoms with Crippen LogP contribution in [0.2, 0.25) is 0 Å². The van der Waals surface area contributed by atoms with Crippen LogP contribution in [0.5, 0.6) is 0 Å². The van der Waals surface area contributed by atoms with Crippen LogP contribution in [-0.4, -0.2) is 24.5 Å². The van der Waals surface area contributed by atoms with E-state index in [2.05, 4.69) is 42.4 Å². The monoisotopic (exact) mass is 272 g/mol. The molecular weight excluding hydrogens is 244 g/mol. The molecule has 1 saturated carbocycles. The summed E-state index contributed by atoms with van der Waals surface area (Å²) in [5.74, 6) is 0.991. The maximum atomic E-state index is 3.44. The Balaban J connectivity index is 1.57. The van der Waals surface area contributed by atoms with Crippen molar-refractivity contribution in [1.29, 1.82) is 0 Å². The van der Waals surface area contributed by atoms with Gasteiger partial charge in [-0.05, 0) is 62.3 Å². The van der Waals surface area contributed by atoms with Crippen molar-refractivity contribution in [3.8, 4) is 0 Å². The number of nitrogens with zero attached hydrogens (tertiary/aromatic N) is 1.